The summed E-state index contributed by atoms with van der Waals surface area (Å²) in [6, 6.07) is 27.0. The predicted molar refractivity (Wildman–Crippen MR) is 135 cm³/mol. The van der Waals surface area contributed by atoms with Gasteiger partial charge in [-0.1, -0.05) is 89.6 Å². The van der Waals surface area contributed by atoms with Crippen LogP contribution >= 0.6 is 15.9 Å². The van der Waals surface area contributed by atoms with Gasteiger partial charge in [0.2, 0.25) is 5.91 Å². The van der Waals surface area contributed by atoms with Gasteiger partial charge in [0.15, 0.2) is 0 Å². The standard InChI is InChI=1S/C28H26BrN3O/c1-2-21(18-26(33)31-19-20-8-4-3-5-9-20)28(22-12-14-23(29)15-13-22)25-11-7-6-10-24(25)27-30-16-17-32(27)28/h3-17,21H,2,18-19H2,1H3,(H,31,33). The summed E-state index contributed by atoms with van der Waals surface area (Å²) >= 11 is 3.58. The van der Waals surface area contributed by atoms with E-state index in [1.165, 1.54) is 5.56 Å². The quantitative estimate of drug-likeness (QED) is 0.331. The zero-order valence-electron chi connectivity index (χ0n) is 18.5. The molecule has 4 nitrogen and oxygen atoms in total. The van der Waals surface area contributed by atoms with Crippen molar-refractivity contribution in [3.63, 3.8) is 0 Å². The van der Waals surface area contributed by atoms with E-state index in [2.05, 4.69) is 87.5 Å². The number of hydrogen-bond donors (Lipinski definition) is 1. The molecule has 1 aromatic heterocycles. The second-order valence-electron chi connectivity index (χ2n) is 8.51. The number of aromatic nitrogens is 2. The topological polar surface area (TPSA) is 46.9 Å². The second kappa shape index (κ2) is 8.99. The third kappa shape index (κ3) is 3.70. The van der Waals surface area contributed by atoms with Crippen LogP contribution in [0.5, 0.6) is 0 Å². The van der Waals surface area contributed by atoms with Crippen LogP contribution in [-0.2, 0) is 16.9 Å². The summed E-state index contributed by atoms with van der Waals surface area (Å²) in [4.78, 5) is 17.9. The zero-order valence-corrected chi connectivity index (χ0v) is 20.1. The van der Waals surface area contributed by atoms with Gasteiger partial charge in [0.1, 0.15) is 11.4 Å². The molecule has 2 atom stereocenters. The van der Waals surface area contributed by atoms with Gasteiger partial charge < -0.3 is 9.88 Å². The van der Waals surface area contributed by atoms with Crippen LogP contribution in [0.15, 0.2) is 95.7 Å². The maximum absolute atomic E-state index is 13.2. The molecule has 5 heteroatoms. The lowest BCUT2D eigenvalue weighted by Gasteiger charge is -2.40. The lowest BCUT2D eigenvalue weighted by molar-refractivity contribution is -0.122. The smallest absolute Gasteiger partial charge is 0.220 e. The first kappa shape index (κ1) is 21.7. The molecule has 0 fully saturated rings. The predicted octanol–water partition coefficient (Wildman–Crippen LogP) is 6.15. The van der Waals surface area contributed by atoms with Gasteiger partial charge in [-0.25, -0.2) is 4.98 Å². The van der Waals surface area contributed by atoms with Crippen molar-refractivity contribution < 1.29 is 4.79 Å². The van der Waals surface area contributed by atoms with E-state index < -0.39 is 5.54 Å². The Kier molecular flexibility index (Phi) is 5.90. The van der Waals surface area contributed by atoms with E-state index in [0.717, 1.165) is 33.4 Å². The minimum atomic E-state index is -0.498. The summed E-state index contributed by atoms with van der Waals surface area (Å²) < 4.78 is 3.31. The summed E-state index contributed by atoms with van der Waals surface area (Å²) in [6.07, 6.45) is 5.19. The Morgan fingerprint density at radius 1 is 1.03 bits per heavy atom. The third-order valence-electron chi connectivity index (χ3n) is 6.73. The van der Waals surface area contributed by atoms with Crippen LogP contribution in [0.3, 0.4) is 0 Å². The van der Waals surface area contributed by atoms with Gasteiger partial charge >= 0.3 is 0 Å². The minimum Gasteiger partial charge on any atom is -0.352 e. The number of rotatable bonds is 7. The van der Waals surface area contributed by atoms with Crippen LogP contribution in [0.2, 0.25) is 0 Å². The Hall–Kier alpha value is -3.18. The third-order valence-corrected chi connectivity index (χ3v) is 7.26. The Bertz CT molecular complexity index is 1270. The van der Waals surface area contributed by atoms with Crippen molar-refractivity contribution >= 4 is 21.8 Å². The number of nitrogens with zero attached hydrogens (tertiary/aromatic N) is 2. The summed E-state index contributed by atoms with van der Waals surface area (Å²) in [5.41, 5.74) is 4.11. The summed E-state index contributed by atoms with van der Waals surface area (Å²) in [5, 5.41) is 3.14. The molecule has 0 radical (unpaired) electrons. The first-order chi connectivity index (χ1) is 16.1. The molecular formula is C28H26BrN3O. The van der Waals surface area contributed by atoms with Crippen LogP contribution in [-0.4, -0.2) is 15.5 Å². The fourth-order valence-corrected chi connectivity index (χ4v) is 5.52. The van der Waals surface area contributed by atoms with E-state index >= 15 is 0 Å². The van der Waals surface area contributed by atoms with E-state index in [4.69, 9.17) is 4.98 Å². The Morgan fingerprint density at radius 2 is 1.76 bits per heavy atom. The van der Waals surface area contributed by atoms with E-state index in [9.17, 15) is 4.79 Å². The molecule has 3 aromatic carbocycles. The van der Waals surface area contributed by atoms with Crippen LogP contribution in [0, 0.1) is 5.92 Å². The zero-order chi connectivity index (χ0) is 22.8. The first-order valence-corrected chi connectivity index (χ1v) is 12.1. The fraction of sp³-hybridized carbons (Fsp3) is 0.214. The summed E-state index contributed by atoms with van der Waals surface area (Å²) in [7, 11) is 0. The molecule has 0 saturated carbocycles. The maximum atomic E-state index is 13.2. The normalized spacial score (nSPS) is 17.3. The average Bonchev–Trinajstić information content (AvgIpc) is 3.43. The highest BCUT2D eigenvalue weighted by molar-refractivity contribution is 9.10. The number of hydrogen-bond acceptors (Lipinski definition) is 2. The molecule has 1 aliphatic heterocycles. The van der Waals surface area contributed by atoms with Crippen molar-refractivity contribution in [2.45, 2.75) is 31.8 Å². The lowest BCUT2D eigenvalue weighted by atomic mass is 9.70. The molecule has 1 aliphatic rings. The van der Waals surface area contributed by atoms with Gasteiger partial charge in [-0.05, 0) is 41.2 Å². The molecule has 4 aromatic rings. The molecule has 1 amide bonds. The van der Waals surface area contributed by atoms with Gasteiger partial charge in [-0.15, -0.1) is 0 Å². The fourth-order valence-electron chi connectivity index (χ4n) is 5.26. The van der Waals surface area contributed by atoms with Crippen molar-refractivity contribution in [1.29, 1.82) is 0 Å². The molecule has 5 rings (SSSR count). The molecule has 0 spiro atoms. The molecule has 2 unspecified atom stereocenters. The van der Waals surface area contributed by atoms with Crippen LogP contribution in [0.25, 0.3) is 11.4 Å². The molecule has 0 aliphatic carbocycles. The van der Waals surface area contributed by atoms with Crippen molar-refractivity contribution in [1.82, 2.24) is 14.9 Å². The lowest BCUT2D eigenvalue weighted by Crippen LogP contribution is -2.43. The molecule has 0 saturated heterocycles. The average molecular weight is 500 g/mol. The molecule has 33 heavy (non-hydrogen) atoms. The first-order valence-electron chi connectivity index (χ1n) is 11.3. The van der Waals surface area contributed by atoms with Gasteiger partial charge in [0.05, 0.1) is 0 Å². The van der Waals surface area contributed by atoms with Crippen molar-refractivity contribution in [2.24, 2.45) is 5.92 Å². The van der Waals surface area contributed by atoms with E-state index in [1.807, 2.05) is 36.5 Å². The van der Waals surface area contributed by atoms with Crippen LogP contribution in [0.1, 0.15) is 36.5 Å². The second-order valence-corrected chi connectivity index (χ2v) is 9.43. The van der Waals surface area contributed by atoms with Gasteiger partial charge in [-0.3, -0.25) is 4.79 Å². The highest BCUT2D eigenvalue weighted by atomic mass is 79.9. The Morgan fingerprint density at radius 3 is 2.52 bits per heavy atom. The van der Waals surface area contributed by atoms with Gasteiger partial charge in [-0.2, -0.15) is 0 Å². The van der Waals surface area contributed by atoms with Gasteiger partial charge in [0, 0.05) is 35.4 Å². The number of amides is 1. The number of imidazole rings is 1. The Labute approximate surface area is 202 Å². The summed E-state index contributed by atoms with van der Waals surface area (Å²) in [6.45, 7) is 2.71. The minimum absolute atomic E-state index is 0.0473. The molecule has 2 heterocycles. The monoisotopic (exact) mass is 499 g/mol. The molecular weight excluding hydrogens is 474 g/mol. The SMILES string of the molecule is CCC(CC(=O)NCc1ccccc1)C1(c2ccc(Br)cc2)c2ccccc2-c2nccn21. The highest BCUT2D eigenvalue weighted by Crippen LogP contribution is 2.52. The molecule has 0 bridgehead atoms. The van der Waals surface area contributed by atoms with E-state index in [-0.39, 0.29) is 11.8 Å². The number of carbonyl (C=O) groups excluding carboxylic acids is 1. The van der Waals surface area contributed by atoms with Crippen LogP contribution < -0.4 is 5.32 Å². The number of carbonyl (C=O) groups is 1. The largest absolute Gasteiger partial charge is 0.352 e. The number of nitrogens with one attached hydrogen (secondary N) is 1. The maximum Gasteiger partial charge on any atom is 0.220 e. The molecule has 166 valence electrons. The number of fused-ring (bicyclic) bond motifs is 3. The van der Waals surface area contributed by atoms with Crippen molar-refractivity contribution in [3.8, 4) is 11.4 Å². The summed E-state index contributed by atoms with van der Waals surface area (Å²) in [5.74, 6) is 1.07. The van der Waals surface area contributed by atoms with Gasteiger partial charge in [0.25, 0.3) is 0 Å². The molecule has 1 N–H and O–H groups in total. The Balaban J connectivity index is 1.57. The van der Waals surface area contributed by atoms with Crippen molar-refractivity contribution in [3.05, 3.63) is 112 Å². The van der Waals surface area contributed by atoms with E-state index in [1.54, 1.807) is 0 Å². The van der Waals surface area contributed by atoms with Crippen molar-refractivity contribution in [2.75, 3.05) is 0 Å². The number of benzene rings is 3. The highest BCUT2D eigenvalue weighted by Gasteiger charge is 2.50. The van der Waals surface area contributed by atoms with Crippen LogP contribution in [0.4, 0.5) is 0 Å². The number of halogens is 1. The van der Waals surface area contributed by atoms with E-state index in [0.29, 0.717) is 13.0 Å².